The summed E-state index contributed by atoms with van der Waals surface area (Å²) in [4.78, 5) is 0.137. The first kappa shape index (κ1) is 15.4. The molecule has 0 amide bonds. The fourth-order valence-electron chi connectivity index (χ4n) is 2.18. The third kappa shape index (κ3) is 3.36. The molecule has 0 unspecified atom stereocenters. The number of hydrogen-bond donors (Lipinski definition) is 2. The van der Waals surface area contributed by atoms with Gasteiger partial charge in [-0.25, -0.2) is 8.42 Å². The van der Waals surface area contributed by atoms with Crippen LogP contribution in [0.2, 0.25) is 0 Å². The molecular weight excluding hydrogens is 284 g/mol. The van der Waals surface area contributed by atoms with Crippen LogP contribution in [0.3, 0.4) is 0 Å². The number of benzene rings is 2. The van der Waals surface area contributed by atoms with E-state index in [1.807, 2.05) is 12.1 Å². The molecule has 4 nitrogen and oxygen atoms in total. The minimum Gasteiger partial charge on any atom is -0.398 e. The lowest BCUT2D eigenvalue weighted by atomic mass is 10.0. The minimum absolute atomic E-state index is 0.137. The second kappa shape index (κ2) is 5.77. The number of aryl methyl sites for hydroxylation is 1. The third-order valence-corrected chi connectivity index (χ3v) is 4.94. The molecule has 0 saturated carbocycles. The molecule has 0 fully saturated rings. The largest absolute Gasteiger partial charge is 0.398 e. The van der Waals surface area contributed by atoms with E-state index in [2.05, 4.69) is 18.6 Å². The Hall–Kier alpha value is -2.01. The average Bonchev–Trinajstić information content (AvgIpc) is 2.38. The molecule has 2 rings (SSSR count). The Kier molecular flexibility index (Phi) is 4.23. The van der Waals surface area contributed by atoms with Crippen LogP contribution in [0, 0.1) is 6.92 Å². The number of rotatable bonds is 4. The number of nitrogens with two attached hydrogens (primary N) is 1. The Bertz CT molecular complexity index is 715. The number of anilines is 2. The Labute approximate surface area is 126 Å². The zero-order valence-electron chi connectivity index (χ0n) is 12.4. The second-order valence-electron chi connectivity index (χ2n) is 5.38. The molecule has 0 bridgehead atoms. The van der Waals surface area contributed by atoms with Crippen LogP contribution in [0.1, 0.15) is 30.9 Å². The number of hydrogen-bond acceptors (Lipinski definition) is 3. The summed E-state index contributed by atoms with van der Waals surface area (Å²) in [6.45, 7) is 5.91. The van der Waals surface area contributed by atoms with E-state index >= 15 is 0 Å². The topological polar surface area (TPSA) is 72.2 Å². The zero-order valence-corrected chi connectivity index (χ0v) is 13.2. The predicted molar refractivity (Wildman–Crippen MR) is 86.9 cm³/mol. The molecule has 0 atom stereocenters. The van der Waals surface area contributed by atoms with Gasteiger partial charge in [0.2, 0.25) is 0 Å². The normalized spacial score (nSPS) is 11.6. The van der Waals surface area contributed by atoms with E-state index in [1.165, 1.54) is 0 Å². The summed E-state index contributed by atoms with van der Waals surface area (Å²) in [5.74, 6) is 0.405. The van der Waals surface area contributed by atoms with Crippen molar-refractivity contribution in [3.8, 4) is 0 Å². The number of nitrogen functional groups attached to an aromatic ring is 1. The summed E-state index contributed by atoms with van der Waals surface area (Å²) in [7, 11) is -3.68. The van der Waals surface area contributed by atoms with Crippen LogP contribution in [0.15, 0.2) is 47.4 Å². The monoisotopic (exact) mass is 304 g/mol. The van der Waals surface area contributed by atoms with E-state index in [4.69, 9.17) is 5.73 Å². The van der Waals surface area contributed by atoms with Gasteiger partial charge in [-0.1, -0.05) is 38.1 Å². The third-order valence-electron chi connectivity index (χ3n) is 3.34. The highest BCUT2D eigenvalue weighted by atomic mass is 32.2. The molecule has 2 aromatic rings. The Morgan fingerprint density at radius 1 is 1.05 bits per heavy atom. The van der Waals surface area contributed by atoms with E-state index in [0.717, 1.165) is 5.56 Å². The van der Waals surface area contributed by atoms with Gasteiger partial charge in [-0.15, -0.1) is 0 Å². The number of nitrogens with one attached hydrogen (secondary N) is 1. The van der Waals surface area contributed by atoms with Gasteiger partial charge in [0, 0.05) is 5.69 Å². The standard InChI is InChI=1S/C16H20N2O2S/c1-11(2)13-7-9-14(10-8-13)18-21(19,20)16-12(3)5-4-6-15(16)17/h4-11,18H,17H2,1-3H3. The quantitative estimate of drug-likeness (QED) is 0.849. The number of sulfonamides is 1. The molecule has 0 aliphatic carbocycles. The molecule has 0 aromatic heterocycles. The summed E-state index contributed by atoms with van der Waals surface area (Å²) in [5.41, 5.74) is 8.37. The van der Waals surface area contributed by atoms with Crippen molar-refractivity contribution in [1.82, 2.24) is 0 Å². The van der Waals surface area contributed by atoms with Crippen molar-refractivity contribution in [2.75, 3.05) is 10.5 Å². The second-order valence-corrected chi connectivity index (χ2v) is 6.99. The molecule has 21 heavy (non-hydrogen) atoms. The fraction of sp³-hybridized carbons (Fsp3) is 0.250. The Morgan fingerprint density at radius 3 is 2.19 bits per heavy atom. The van der Waals surface area contributed by atoms with Crippen molar-refractivity contribution in [2.45, 2.75) is 31.6 Å². The van der Waals surface area contributed by atoms with Crippen molar-refractivity contribution >= 4 is 21.4 Å². The summed E-state index contributed by atoms with van der Waals surface area (Å²) < 4.78 is 27.5. The first-order valence-electron chi connectivity index (χ1n) is 6.79. The van der Waals surface area contributed by atoms with Crippen molar-refractivity contribution in [2.24, 2.45) is 0 Å². The smallest absolute Gasteiger partial charge is 0.264 e. The van der Waals surface area contributed by atoms with E-state index in [9.17, 15) is 8.42 Å². The molecule has 0 spiro atoms. The van der Waals surface area contributed by atoms with Gasteiger partial charge < -0.3 is 5.73 Å². The molecule has 5 heteroatoms. The Balaban J connectivity index is 2.33. The van der Waals surface area contributed by atoms with Gasteiger partial charge in [0.25, 0.3) is 10.0 Å². The first-order valence-corrected chi connectivity index (χ1v) is 8.27. The van der Waals surface area contributed by atoms with Crippen LogP contribution in [-0.4, -0.2) is 8.42 Å². The lowest BCUT2D eigenvalue weighted by Crippen LogP contribution is -2.16. The van der Waals surface area contributed by atoms with Crippen LogP contribution in [0.5, 0.6) is 0 Å². The predicted octanol–water partition coefficient (Wildman–Crippen LogP) is 3.50. The molecule has 0 saturated heterocycles. The maximum Gasteiger partial charge on any atom is 0.264 e. The lowest BCUT2D eigenvalue weighted by molar-refractivity contribution is 0.601. The molecular formula is C16H20N2O2S. The van der Waals surface area contributed by atoms with Gasteiger partial charge in [0.05, 0.1) is 5.69 Å². The average molecular weight is 304 g/mol. The van der Waals surface area contributed by atoms with E-state index < -0.39 is 10.0 Å². The van der Waals surface area contributed by atoms with Gasteiger partial charge in [0.1, 0.15) is 4.90 Å². The van der Waals surface area contributed by atoms with Crippen LogP contribution >= 0.6 is 0 Å². The van der Waals surface area contributed by atoms with Crippen LogP contribution in [0.25, 0.3) is 0 Å². The van der Waals surface area contributed by atoms with E-state index in [-0.39, 0.29) is 10.6 Å². The summed E-state index contributed by atoms with van der Waals surface area (Å²) in [5, 5.41) is 0. The zero-order chi connectivity index (χ0) is 15.6. The van der Waals surface area contributed by atoms with E-state index in [0.29, 0.717) is 17.2 Å². The summed E-state index contributed by atoms with van der Waals surface area (Å²) in [6.07, 6.45) is 0. The molecule has 2 aromatic carbocycles. The van der Waals surface area contributed by atoms with Crippen molar-refractivity contribution < 1.29 is 8.42 Å². The van der Waals surface area contributed by atoms with Crippen molar-refractivity contribution in [3.05, 3.63) is 53.6 Å². The molecule has 0 radical (unpaired) electrons. The minimum atomic E-state index is -3.68. The van der Waals surface area contributed by atoms with E-state index in [1.54, 1.807) is 37.3 Å². The first-order chi connectivity index (χ1) is 9.81. The van der Waals surface area contributed by atoms with Gasteiger partial charge in [-0.3, -0.25) is 4.72 Å². The Morgan fingerprint density at radius 2 is 1.67 bits per heavy atom. The highest BCUT2D eigenvalue weighted by Gasteiger charge is 2.19. The van der Waals surface area contributed by atoms with Gasteiger partial charge >= 0.3 is 0 Å². The maximum absolute atomic E-state index is 12.5. The van der Waals surface area contributed by atoms with Gasteiger partial charge in [0.15, 0.2) is 0 Å². The van der Waals surface area contributed by atoms with Crippen molar-refractivity contribution in [1.29, 1.82) is 0 Å². The van der Waals surface area contributed by atoms with Crippen molar-refractivity contribution in [3.63, 3.8) is 0 Å². The van der Waals surface area contributed by atoms with Crippen LogP contribution in [-0.2, 0) is 10.0 Å². The SMILES string of the molecule is Cc1cccc(N)c1S(=O)(=O)Nc1ccc(C(C)C)cc1. The molecule has 0 heterocycles. The molecule has 3 N–H and O–H groups in total. The molecule has 112 valence electrons. The molecule has 0 aliphatic heterocycles. The fourth-order valence-corrected chi connectivity index (χ4v) is 3.60. The highest BCUT2D eigenvalue weighted by molar-refractivity contribution is 7.93. The summed E-state index contributed by atoms with van der Waals surface area (Å²) in [6, 6.07) is 12.4. The maximum atomic E-state index is 12.5. The summed E-state index contributed by atoms with van der Waals surface area (Å²) >= 11 is 0. The van der Waals surface area contributed by atoms with Crippen LogP contribution in [0.4, 0.5) is 11.4 Å². The van der Waals surface area contributed by atoms with Gasteiger partial charge in [-0.05, 0) is 42.2 Å². The highest BCUT2D eigenvalue weighted by Crippen LogP contribution is 2.25. The molecule has 0 aliphatic rings. The van der Waals surface area contributed by atoms with Gasteiger partial charge in [-0.2, -0.15) is 0 Å². The van der Waals surface area contributed by atoms with Crippen LogP contribution < -0.4 is 10.5 Å². The lowest BCUT2D eigenvalue weighted by Gasteiger charge is -2.13.